The molecule has 0 fully saturated rings. The molecule has 0 heterocycles. The van der Waals surface area contributed by atoms with Gasteiger partial charge in [0.2, 0.25) is 0 Å². The van der Waals surface area contributed by atoms with Crippen LogP contribution in [0.5, 0.6) is 11.5 Å². The highest BCUT2D eigenvalue weighted by Gasteiger charge is 2.15. The zero-order chi connectivity index (χ0) is 20.9. The van der Waals surface area contributed by atoms with Crippen LogP contribution >= 0.6 is 0 Å². The number of benzene rings is 3. The first-order valence-corrected chi connectivity index (χ1v) is 10.9. The third kappa shape index (κ3) is 5.23. The highest BCUT2D eigenvalue weighted by Crippen LogP contribution is 2.26. The zero-order valence-corrected chi connectivity index (χ0v) is 16.9. The monoisotopic (exact) mass is 410 g/mol. The van der Waals surface area contributed by atoms with Gasteiger partial charge in [-0.2, -0.15) is 0 Å². The van der Waals surface area contributed by atoms with Gasteiger partial charge in [-0.1, -0.05) is 48.0 Å². The summed E-state index contributed by atoms with van der Waals surface area (Å²) in [5, 5.41) is 10.2. The minimum Gasteiger partial charge on any atom is -0.507 e. The number of sulfone groups is 1. The van der Waals surface area contributed by atoms with Crippen molar-refractivity contribution in [3.05, 3.63) is 89.5 Å². The molecule has 0 saturated heterocycles. The van der Waals surface area contributed by atoms with Crippen LogP contribution in [-0.4, -0.2) is 31.7 Å². The second-order valence-electron chi connectivity index (χ2n) is 6.71. The van der Waals surface area contributed by atoms with E-state index in [1.54, 1.807) is 54.6 Å². The molecule has 3 rings (SSSR count). The van der Waals surface area contributed by atoms with Crippen molar-refractivity contribution >= 4 is 15.6 Å². The first kappa shape index (κ1) is 20.6. The van der Waals surface area contributed by atoms with Crippen molar-refractivity contribution in [2.24, 2.45) is 0 Å². The summed E-state index contributed by atoms with van der Waals surface area (Å²) in [6.45, 7) is 2.08. The Hall–Kier alpha value is -3.12. The Balaban J connectivity index is 1.57. The van der Waals surface area contributed by atoms with E-state index in [2.05, 4.69) is 0 Å². The maximum absolute atomic E-state index is 12.4. The molecule has 0 radical (unpaired) electrons. The SMILES string of the molecule is Cc1ccc(S(=O)(=O)CCCOc2ccc(C(=O)c3ccccc3)c(O)c2)cc1. The van der Waals surface area contributed by atoms with Crippen LogP contribution in [0.4, 0.5) is 0 Å². The van der Waals surface area contributed by atoms with Crippen molar-refractivity contribution < 1.29 is 23.1 Å². The Labute approximate surface area is 170 Å². The first-order valence-electron chi connectivity index (χ1n) is 9.22. The highest BCUT2D eigenvalue weighted by atomic mass is 32.2. The molecule has 3 aromatic carbocycles. The van der Waals surface area contributed by atoms with Gasteiger partial charge in [-0.15, -0.1) is 0 Å². The lowest BCUT2D eigenvalue weighted by Gasteiger charge is -2.10. The Morgan fingerprint density at radius 1 is 0.966 bits per heavy atom. The van der Waals surface area contributed by atoms with Gasteiger partial charge in [0.1, 0.15) is 11.5 Å². The third-order valence-corrected chi connectivity index (χ3v) is 6.27. The summed E-state index contributed by atoms with van der Waals surface area (Å²) in [6, 6.07) is 19.9. The third-order valence-electron chi connectivity index (χ3n) is 4.46. The van der Waals surface area contributed by atoms with Crippen molar-refractivity contribution in [3.8, 4) is 11.5 Å². The van der Waals surface area contributed by atoms with Gasteiger partial charge in [0, 0.05) is 11.6 Å². The van der Waals surface area contributed by atoms with Gasteiger partial charge in [-0.3, -0.25) is 4.79 Å². The average Bonchev–Trinajstić information content (AvgIpc) is 2.72. The van der Waals surface area contributed by atoms with E-state index in [1.807, 2.05) is 13.0 Å². The maximum Gasteiger partial charge on any atom is 0.196 e. The first-order chi connectivity index (χ1) is 13.9. The van der Waals surface area contributed by atoms with Crippen molar-refractivity contribution in [2.45, 2.75) is 18.2 Å². The number of phenols is 1. The van der Waals surface area contributed by atoms with Crippen molar-refractivity contribution in [3.63, 3.8) is 0 Å². The number of aromatic hydroxyl groups is 1. The van der Waals surface area contributed by atoms with Gasteiger partial charge in [0.25, 0.3) is 0 Å². The Kier molecular flexibility index (Phi) is 6.34. The van der Waals surface area contributed by atoms with Crippen LogP contribution in [0.25, 0.3) is 0 Å². The second-order valence-corrected chi connectivity index (χ2v) is 8.82. The molecule has 0 unspecified atom stereocenters. The fraction of sp³-hybridized carbons (Fsp3) is 0.174. The van der Waals surface area contributed by atoms with Crippen LogP contribution in [0.1, 0.15) is 27.9 Å². The quantitative estimate of drug-likeness (QED) is 0.445. The number of ether oxygens (including phenoxy) is 1. The van der Waals surface area contributed by atoms with E-state index >= 15 is 0 Å². The highest BCUT2D eigenvalue weighted by molar-refractivity contribution is 7.91. The Morgan fingerprint density at radius 2 is 1.66 bits per heavy atom. The molecule has 29 heavy (non-hydrogen) atoms. The molecule has 0 aromatic heterocycles. The molecular weight excluding hydrogens is 388 g/mol. The van der Waals surface area contributed by atoms with Crippen LogP contribution < -0.4 is 4.74 Å². The molecule has 0 aliphatic carbocycles. The lowest BCUT2D eigenvalue weighted by atomic mass is 10.0. The summed E-state index contributed by atoms with van der Waals surface area (Å²) in [5.41, 5.74) is 1.67. The van der Waals surface area contributed by atoms with Crippen molar-refractivity contribution in [1.29, 1.82) is 0 Å². The molecule has 0 aliphatic rings. The zero-order valence-electron chi connectivity index (χ0n) is 16.0. The van der Waals surface area contributed by atoms with Gasteiger partial charge in [0.05, 0.1) is 22.8 Å². The summed E-state index contributed by atoms with van der Waals surface area (Å²) in [7, 11) is -3.36. The number of phenolic OH excluding ortho intramolecular Hbond substituents is 1. The van der Waals surface area contributed by atoms with E-state index in [0.29, 0.717) is 22.6 Å². The fourth-order valence-corrected chi connectivity index (χ4v) is 4.13. The standard InChI is InChI=1S/C23H22O5S/c1-17-8-11-20(12-9-17)29(26,27)15-5-14-28-19-10-13-21(22(24)16-19)23(25)18-6-3-2-4-7-18/h2-4,6-13,16,24H,5,14-15H2,1H3. The van der Waals surface area contributed by atoms with E-state index in [4.69, 9.17) is 4.74 Å². The normalized spacial score (nSPS) is 11.2. The Bertz CT molecular complexity index is 1090. The van der Waals surface area contributed by atoms with Gasteiger partial charge in [-0.25, -0.2) is 8.42 Å². The number of ketones is 1. The minimum atomic E-state index is -3.36. The number of aryl methyl sites for hydroxylation is 1. The number of hydrogen-bond acceptors (Lipinski definition) is 5. The molecule has 1 N–H and O–H groups in total. The smallest absolute Gasteiger partial charge is 0.196 e. The van der Waals surface area contributed by atoms with Crippen LogP contribution in [0, 0.1) is 6.92 Å². The van der Waals surface area contributed by atoms with Gasteiger partial charge in [0.15, 0.2) is 15.6 Å². The molecule has 6 heteroatoms. The molecule has 5 nitrogen and oxygen atoms in total. The van der Waals surface area contributed by atoms with Crippen molar-refractivity contribution in [1.82, 2.24) is 0 Å². The van der Waals surface area contributed by atoms with Crippen LogP contribution in [0.15, 0.2) is 77.7 Å². The number of carbonyl (C=O) groups excluding carboxylic acids is 1. The minimum absolute atomic E-state index is 0.0351. The summed E-state index contributed by atoms with van der Waals surface area (Å²) in [6.07, 6.45) is 0.307. The predicted molar refractivity (Wildman–Crippen MR) is 111 cm³/mol. The lowest BCUT2D eigenvalue weighted by molar-refractivity contribution is 0.103. The molecule has 0 saturated carbocycles. The Morgan fingerprint density at radius 3 is 2.31 bits per heavy atom. The van der Waals surface area contributed by atoms with Gasteiger partial charge < -0.3 is 9.84 Å². The predicted octanol–water partition coefficient (Wildman–Crippen LogP) is 4.17. The molecule has 0 atom stereocenters. The molecule has 0 bridgehead atoms. The molecular formula is C23H22O5S. The number of carbonyl (C=O) groups is 1. The summed E-state index contributed by atoms with van der Waals surface area (Å²) in [5.74, 6) is -0.116. The van der Waals surface area contributed by atoms with E-state index in [1.165, 1.54) is 12.1 Å². The van der Waals surface area contributed by atoms with Crippen LogP contribution in [0.3, 0.4) is 0 Å². The lowest BCUT2D eigenvalue weighted by Crippen LogP contribution is -2.10. The number of rotatable bonds is 8. The molecule has 0 spiro atoms. The summed E-state index contributed by atoms with van der Waals surface area (Å²) >= 11 is 0. The van der Waals surface area contributed by atoms with Crippen LogP contribution in [-0.2, 0) is 9.84 Å². The van der Waals surface area contributed by atoms with Crippen molar-refractivity contribution in [2.75, 3.05) is 12.4 Å². The average molecular weight is 410 g/mol. The largest absolute Gasteiger partial charge is 0.507 e. The summed E-state index contributed by atoms with van der Waals surface area (Å²) < 4.78 is 30.2. The fourth-order valence-electron chi connectivity index (χ4n) is 2.84. The van der Waals surface area contributed by atoms with E-state index in [9.17, 15) is 18.3 Å². The molecule has 0 aliphatic heterocycles. The molecule has 0 amide bonds. The topological polar surface area (TPSA) is 80.7 Å². The van der Waals surface area contributed by atoms with E-state index < -0.39 is 9.84 Å². The number of hydrogen-bond donors (Lipinski definition) is 1. The van der Waals surface area contributed by atoms with E-state index in [0.717, 1.165) is 5.56 Å². The molecule has 150 valence electrons. The van der Waals surface area contributed by atoms with Crippen LogP contribution in [0.2, 0.25) is 0 Å². The maximum atomic E-state index is 12.4. The van der Waals surface area contributed by atoms with E-state index in [-0.39, 0.29) is 29.5 Å². The van der Waals surface area contributed by atoms with Gasteiger partial charge >= 0.3 is 0 Å². The van der Waals surface area contributed by atoms with Gasteiger partial charge in [-0.05, 0) is 37.6 Å². The summed E-state index contributed by atoms with van der Waals surface area (Å²) in [4.78, 5) is 12.7. The molecule has 3 aromatic rings. The second kappa shape index (κ2) is 8.92.